The third kappa shape index (κ3) is 3.97. The summed E-state index contributed by atoms with van der Waals surface area (Å²) in [4.78, 5) is 2.45. The van der Waals surface area contributed by atoms with Gasteiger partial charge in [-0.05, 0) is 63.7 Å². The van der Waals surface area contributed by atoms with Gasteiger partial charge < -0.3 is 10.6 Å². The van der Waals surface area contributed by atoms with Crippen LogP contribution in [-0.4, -0.2) is 31.6 Å². The number of nitrogens with zero attached hydrogens (tertiary/aromatic N) is 1. The molecule has 1 fully saturated rings. The summed E-state index contributed by atoms with van der Waals surface area (Å²) in [5.74, 6) is 0.901. The molecular weight excluding hydrogens is 172 g/mol. The molecule has 1 aliphatic rings. The van der Waals surface area contributed by atoms with E-state index in [1.54, 1.807) is 0 Å². The van der Waals surface area contributed by atoms with Gasteiger partial charge >= 0.3 is 0 Å². The van der Waals surface area contributed by atoms with E-state index in [1.165, 1.54) is 38.8 Å². The fourth-order valence-corrected chi connectivity index (χ4v) is 2.38. The first-order chi connectivity index (χ1) is 6.53. The molecule has 1 rings (SSSR count). The Morgan fingerprint density at radius 3 is 2.64 bits per heavy atom. The summed E-state index contributed by atoms with van der Waals surface area (Å²) in [5.41, 5.74) is 6.12. The molecule has 2 heteroatoms. The second kappa shape index (κ2) is 5.13. The topological polar surface area (TPSA) is 29.3 Å². The van der Waals surface area contributed by atoms with Crippen molar-refractivity contribution in [2.45, 2.75) is 39.5 Å². The second-order valence-electron chi connectivity index (χ2n) is 5.67. The van der Waals surface area contributed by atoms with Crippen molar-refractivity contribution in [2.24, 2.45) is 17.1 Å². The zero-order chi connectivity index (χ0) is 10.6. The quantitative estimate of drug-likeness (QED) is 0.752. The molecule has 1 heterocycles. The van der Waals surface area contributed by atoms with Crippen LogP contribution in [0.25, 0.3) is 0 Å². The Balaban J connectivity index is 2.37. The van der Waals surface area contributed by atoms with Crippen molar-refractivity contribution < 1.29 is 0 Å². The highest BCUT2D eigenvalue weighted by Gasteiger charge is 2.23. The predicted octanol–water partition coefficient (Wildman–Crippen LogP) is 2.09. The van der Waals surface area contributed by atoms with E-state index in [4.69, 9.17) is 5.73 Å². The lowest BCUT2D eigenvalue weighted by Gasteiger charge is -2.27. The molecule has 2 nitrogen and oxygen atoms in total. The highest BCUT2D eigenvalue weighted by Crippen LogP contribution is 2.30. The summed E-state index contributed by atoms with van der Waals surface area (Å²) < 4.78 is 0. The zero-order valence-electron chi connectivity index (χ0n) is 10.1. The van der Waals surface area contributed by atoms with Crippen LogP contribution in [0.2, 0.25) is 0 Å². The first-order valence-electron chi connectivity index (χ1n) is 5.92. The number of likely N-dealkylation sites (tertiary alicyclic amines) is 1. The third-order valence-corrected chi connectivity index (χ3v) is 3.47. The van der Waals surface area contributed by atoms with Gasteiger partial charge in [0.25, 0.3) is 0 Å². The second-order valence-corrected chi connectivity index (χ2v) is 5.67. The van der Waals surface area contributed by atoms with E-state index in [2.05, 4.69) is 25.8 Å². The minimum Gasteiger partial charge on any atom is -0.330 e. The molecule has 0 amide bonds. The normalized spacial score (nSPS) is 26.1. The largest absolute Gasteiger partial charge is 0.330 e. The summed E-state index contributed by atoms with van der Waals surface area (Å²) in [5, 5.41) is 0. The van der Waals surface area contributed by atoms with Gasteiger partial charge in [0, 0.05) is 0 Å². The van der Waals surface area contributed by atoms with Crippen molar-refractivity contribution in [3.63, 3.8) is 0 Å². The molecule has 0 radical (unpaired) electrons. The molecule has 0 aromatic carbocycles. The molecule has 0 spiro atoms. The van der Waals surface area contributed by atoms with Gasteiger partial charge in [0.15, 0.2) is 0 Å². The van der Waals surface area contributed by atoms with E-state index in [1.807, 2.05) is 0 Å². The van der Waals surface area contributed by atoms with Crippen LogP contribution in [-0.2, 0) is 0 Å². The molecule has 14 heavy (non-hydrogen) atoms. The van der Waals surface area contributed by atoms with Crippen LogP contribution < -0.4 is 5.73 Å². The van der Waals surface area contributed by atoms with E-state index in [0.29, 0.717) is 5.41 Å². The zero-order valence-corrected chi connectivity index (χ0v) is 10.1. The lowest BCUT2D eigenvalue weighted by Crippen LogP contribution is -2.27. The first kappa shape index (κ1) is 12.0. The summed E-state index contributed by atoms with van der Waals surface area (Å²) in [6, 6.07) is 0. The van der Waals surface area contributed by atoms with E-state index < -0.39 is 0 Å². The van der Waals surface area contributed by atoms with Crippen LogP contribution in [0, 0.1) is 11.3 Å². The number of hydrogen-bond donors (Lipinski definition) is 1. The Morgan fingerprint density at radius 2 is 2.00 bits per heavy atom. The van der Waals surface area contributed by atoms with Crippen LogP contribution in [0.15, 0.2) is 0 Å². The molecule has 1 aliphatic heterocycles. The molecule has 1 saturated heterocycles. The maximum absolute atomic E-state index is 5.78. The molecule has 1 atom stereocenters. The van der Waals surface area contributed by atoms with Gasteiger partial charge in [0.2, 0.25) is 0 Å². The lowest BCUT2D eigenvalue weighted by atomic mass is 9.80. The van der Waals surface area contributed by atoms with Crippen molar-refractivity contribution in [3.05, 3.63) is 0 Å². The number of rotatable bonds is 3. The molecule has 0 aromatic heterocycles. The number of nitrogens with two attached hydrogens (primary N) is 1. The maximum Gasteiger partial charge on any atom is -0.00191 e. The fourth-order valence-electron chi connectivity index (χ4n) is 2.38. The molecule has 0 saturated carbocycles. The molecular formula is C12H26N2. The van der Waals surface area contributed by atoms with Crippen LogP contribution >= 0.6 is 0 Å². The van der Waals surface area contributed by atoms with E-state index in [-0.39, 0.29) is 0 Å². The van der Waals surface area contributed by atoms with Crippen molar-refractivity contribution >= 4 is 0 Å². The summed E-state index contributed by atoms with van der Waals surface area (Å²) in [6.45, 7) is 7.95. The molecule has 1 unspecified atom stereocenters. The Bertz CT molecular complexity index is 166. The standard InChI is InChI=1S/C12H26N2/c1-12(2,10-13)9-11-5-4-7-14(3)8-6-11/h11H,4-10,13H2,1-3H3. The van der Waals surface area contributed by atoms with Gasteiger partial charge in [0.05, 0.1) is 0 Å². The maximum atomic E-state index is 5.78. The van der Waals surface area contributed by atoms with E-state index >= 15 is 0 Å². The Labute approximate surface area is 88.8 Å². The molecule has 84 valence electrons. The highest BCUT2D eigenvalue weighted by molar-refractivity contribution is 4.77. The lowest BCUT2D eigenvalue weighted by molar-refractivity contribution is 0.254. The Kier molecular flexibility index (Phi) is 4.39. The van der Waals surface area contributed by atoms with Gasteiger partial charge in [-0.3, -0.25) is 0 Å². The smallest absolute Gasteiger partial charge is 0.00191 e. The van der Waals surface area contributed by atoms with Crippen molar-refractivity contribution in [3.8, 4) is 0 Å². The van der Waals surface area contributed by atoms with Gasteiger partial charge in [-0.25, -0.2) is 0 Å². The van der Waals surface area contributed by atoms with Crippen LogP contribution in [0.1, 0.15) is 39.5 Å². The summed E-state index contributed by atoms with van der Waals surface area (Å²) >= 11 is 0. The highest BCUT2D eigenvalue weighted by atomic mass is 15.1. The van der Waals surface area contributed by atoms with Crippen LogP contribution in [0.3, 0.4) is 0 Å². The summed E-state index contributed by atoms with van der Waals surface area (Å²) in [7, 11) is 2.23. The van der Waals surface area contributed by atoms with Crippen molar-refractivity contribution in [2.75, 3.05) is 26.7 Å². The Morgan fingerprint density at radius 1 is 1.29 bits per heavy atom. The minimum atomic E-state index is 0.341. The third-order valence-electron chi connectivity index (χ3n) is 3.47. The van der Waals surface area contributed by atoms with Crippen molar-refractivity contribution in [1.29, 1.82) is 0 Å². The molecule has 2 N–H and O–H groups in total. The summed E-state index contributed by atoms with van der Waals surface area (Å²) in [6.07, 6.45) is 5.42. The van der Waals surface area contributed by atoms with Crippen LogP contribution in [0.4, 0.5) is 0 Å². The first-order valence-corrected chi connectivity index (χ1v) is 5.92. The Hall–Kier alpha value is -0.0800. The van der Waals surface area contributed by atoms with Gasteiger partial charge in [-0.1, -0.05) is 13.8 Å². The monoisotopic (exact) mass is 198 g/mol. The van der Waals surface area contributed by atoms with E-state index in [0.717, 1.165) is 12.5 Å². The van der Waals surface area contributed by atoms with Gasteiger partial charge in [0.1, 0.15) is 0 Å². The van der Waals surface area contributed by atoms with Crippen LogP contribution in [0.5, 0.6) is 0 Å². The number of hydrogen-bond acceptors (Lipinski definition) is 2. The van der Waals surface area contributed by atoms with E-state index in [9.17, 15) is 0 Å². The molecule has 0 aromatic rings. The van der Waals surface area contributed by atoms with Gasteiger partial charge in [-0.15, -0.1) is 0 Å². The average molecular weight is 198 g/mol. The SMILES string of the molecule is CN1CCCC(CC(C)(C)CN)CC1. The average Bonchev–Trinajstić information content (AvgIpc) is 2.31. The minimum absolute atomic E-state index is 0.341. The molecule has 0 bridgehead atoms. The van der Waals surface area contributed by atoms with Gasteiger partial charge in [-0.2, -0.15) is 0 Å². The fraction of sp³-hybridized carbons (Fsp3) is 1.00. The predicted molar refractivity (Wildman–Crippen MR) is 62.3 cm³/mol. The molecule has 0 aliphatic carbocycles. The van der Waals surface area contributed by atoms with Crippen molar-refractivity contribution in [1.82, 2.24) is 4.90 Å².